The molecule has 2 aromatic rings. The van der Waals surface area contributed by atoms with E-state index < -0.39 is 0 Å². The molecule has 0 aliphatic carbocycles. The summed E-state index contributed by atoms with van der Waals surface area (Å²) >= 11 is 0. The van der Waals surface area contributed by atoms with E-state index in [1.54, 1.807) is 6.20 Å². The highest BCUT2D eigenvalue weighted by atomic mass is 15.4. The van der Waals surface area contributed by atoms with Crippen molar-refractivity contribution in [1.82, 2.24) is 25.1 Å². The van der Waals surface area contributed by atoms with E-state index in [1.165, 1.54) is 6.33 Å². The number of allylic oxidation sites excluding steroid dienone is 1. The molecule has 2 aliphatic rings. The van der Waals surface area contributed by atoms with Gasteiger partial charge in [-0.1, -0.05) is 31.4 Å². The van der Waals surface area contributed by atoms with Gasteiger partial charge in [-0.15, -0.1) is 0 Å². The third-order valence-corrected chi connectivity index (χ3v) is 5.06. The van der Waals surface area contributed by atoms with Crippen LogP contribution in [0.3, 0.4) is 0 Å². The molecule has 0 radical (unpaired) electrons. The van der Waals surface area contributed by atoms with E-state index in [-0.39, 0.29) is 6.04 Å². The smallest absolute Gasteiger partial charge is 0.206 e. The monoisotopic (exact) mass is 387 g/mol. The molecule has 2 N–H and O–H groups in total. The Morgan fingerprint density at radius 2 is 2.07 bits per heavy atom. The molecule has 1 saturated heterocycles. The van der Waals surface area contributed by atoms with Gasteiger partial charge >= 0.3 is 0 Å². The van der Waals surface area contributed by atoms with Gasteiger partial charge in [0.1, 0.15) is 6.33 Å². The number of nitrogens with zero attached hydrogens (tertiary/aromatic N) is 5. The van der Waals surface area contributed by atoms with Crippen LogP contribution in [0.2, 0.25) is 0 Å². The molecule has 1 aromatic heterocycles. The van der Waals surface area contributed by atoms with Gasteiger partial charge in [-0.2, -0.15) is 0 Å². The number of nitrogens with one attached hydrogen (secondary N) is 2. The Bertz CT molecular complexity index is 950. The van der Waals surface area contributed by atoms with E-state index >= 15 is 0 Å². The summed E-state index contributed by atoms with van der Waals surface area (Å²) in [6.07, 6.45) is 5.20. The zero-order valence-corrected chi connectivity index (χ0v) is 16.5. The molecule has 0 amide bonds. The molecule has 29 heavy (non-hydrogen) atoms. The number of likely N-dealkylation sites (N-methyl/N-ethyl adjacent to an activating group) is 1. The maximum atomic E-state index is 4.89. The summed E-state index contributed by atoms with van der Waals surface area (Å²) in [6.45, 7) is 10.9. The lowest BCUT2D eigenvalue weighted by atomic mass is 10.1. The molecule has 1 atom stereocenters. The second-order valence-electron chi connectivity index (χ2n) is 7.06. The zero-order chi connectivity index (χ0) is 20.2. The predicted octanol–water partition coefficient (Wildman–Crippen LogP) is 2.53. The lowest BCUT2D eigenvalue weighted by Gasteiger charge is -2.40. The van der Waals surface area contributed by atoms with Crippen molar-refractivity contribution in [3.63, 3.8) is 0 Å². The number of piperazine rings is 1. The number of hydrogen-bond donors (Lipinski definition) is 2. The van der Waals surface area contributed by atoms with Crippen LogP contribution < -0.4 is 10.6 Å². The predicted molar refractivity (Wildman–Crippen MR) is 117 cm³/mol. The fourth-order valence-corrected chi connectivity index (χ4v) is 3.41. The van der Waals surface area contributed by atoms with Crippen molar-refractivity contribution in [2.75, 3.05) is 32.0 Å². The molecular weight excluding hydrogens is 362 g/mol. The van der Waals surface area contributed by atoms with E-state index in [9.17, 15) is 0 Å². The number of rotatable bonds is 4. The Hall–Kier alpha value is -3.45. The summed E-state index contributed by atoms with van der Waals surface area (Å²) in [7, 11) is 1.99. The minimum Gasteiger partial charge on any atom is -0.358 e. The lowest BCUT2D eigenvalue weighted by molar-refractivity contribution is 0.289. The van der Waals surface area contributed by atoms with Crippen LogP contribution in [0.25, 0.3) is 5.70 Å². The molecule has 1 unspecified atom stereocenters. The van der Waals surface area contributed by atoms with Crippen molar-refractivity contribution < 1.29 is 0 Å². The van der Waals surface area contributed by atoms with Crippen LogP contribution >= 0.6 is 0 Å². The highest BCUT2D eigenvalue weighted by molar-refractivity contribution is 5.90. The summed E-state index contributed by atoms with van der Waals surface area (Å²) in [5.41, 5.74) is 4.42. The second kappa shape index (κ2) is 8.28. The molecule has 1 aromatic carbocycles. The first-order chi connectivity index (χ1) is 14.1. The van der Waals surface area contributed by atoms with Crippen LogP contribution in [0.15, 0.2) is 84.5 Å². The number of aromatic nitrogens is 2. The van der Waals surface area contributed by atoms with E-state index in [2.05, 4.69) is 38.7 Å². The third kappa shape index (κ3) is 4.20. The number of para-hydroxylation sites is 1. The van der Waals surface area contributed by atoms with E-state index in [0.717, 1.165) is 54.1 Å². The summed E-state index contributed by atoms with van der Waals surface area (Å²) in [5.74, 6) is 0.866. The van der Waals surface area contributed by atoms with E-state index in [0.29, 0.717) is 0 Å². The number of benzene rings is 1. The van der Waals surface area contributed by atoms with Gasteiger partial charge < -0.3 is 20.4 Å². The molecule has 0 spiro atoms. The average Bonchev–Trinajstić information content (AvgIpc) is 2.77. The van der Waals surface area contributed by atoms with Crippen molar-refractivity contribution in [1.29, 1.82) is 0 Å². The molecule has 7 nitrogen and oxygen atoms in total. The number of hydrogen-bond acceptors (Lipinski definition) is 7. The van der Waals surface area contributed by atoms with Crippen molar-refractivity contribution in [2.45, 2.75) is 6.04 Å². The summed E-state index contributed by atoms with van der Waals surface area (Å²) in [5, 5.41) is 6.95. The van der Waals surface area contributed by atoms with Gasteiger partial charge in [0.2, 0.25) is 5.96 Å². The SMILES string of the molecule is C=C(Nc1ccccc1)C1CN(C2=NC(c3ccncn3)=CC(=C)N2C)CCN1. The summed E-state index contributed by atoms with van der Waals surface area (Å²) < 4.78 is 0. The molecular formula is C22H25N7. The quantitative estimate of drug-likeness (QED) is 0.840. The van der Waals surface area contributed by atoms with Crippen LogP contribution in [0.4, 0.5) is 5.69 Å². The molecule has 7 heteroatoms. The van der Waals surface area contributed by atoms with E-state index in [4.69, 9.17) is 4.99 Å². The number of anilines is 1. The number of guanidine groups is 1. The fourth-order valence-electron chi connectivity index (χ4n) is 3.41. The van der Waals surface area contributed by atoms with E-state index in [1.807, 2.05) is 54.4 Å². The molecule has 0 saturated carbocycles. The molecule has 0 bridgehead atoms. The van der Waals surface area contributed by atoms with Gasteiger partial charge in [-0.3, -0.25) is 0 Å². The van der Waals surface area contributed by atoms with Crippen molar-refractivity contribution in [2.24, 2.45) is 4.99 Å². The average molecular weight is 387 g/mol. The zero-order valence-electron chi connectivity index (χ0n) is 16.5. The minimum atomic E-state index is 0.0988. The minimum absolute atomic E-state index is 0.0988. The Kier molecular flexibility index (Phi) is 5.39. The van der Waals surface area contributed by atoms with Crippen LogP contribution in [-0.2, 0) is 0 Å². The summed E-state index contributed by atoms with van der Waals surface area (Å²) in [6, 6.07) is 12.0. The van der Waals surface area contributed by atoms with Crippen molar-refractivity contribution >= 4 is 17.3 Å². The van der Waals surface area contributed by atoms with Crippen LogP contribution in [-0.4, -0.2) is 58.5 Å². The van der Waals surface area contributed by atoms with Gasteiger partial charge in [0.05, 0.1) is 17.4 Å². The van der Waals surface area contributed by atoms with Gasteiger partial charge in [0.15, 0.2) is 0 Å². The Labute approximate surface area is 171 Å². The number of aliphatic imine (C=N–C) groups is 1. The summed E-state index contributed by atoms with van der Waals surface area (Å²) in [4.78, 5) is 17.5. The highest BCUT2D eigenvalue weighted by Crippen LogP contribution is 2.24. The first-order valence-corrected chi connectivity index (χ1v) is 9.60. The first-order valence-electron chi connectivity index (χ1n) is 9.60. The Morgan fingerprint density at radius 1 is 1.24 bits per heavy atom. The van der Waals surface area contributed by atoms with Crippen LogP contribution in [0.5, 0.6) is 0 Å². The second-order valence-corrected chi connectivity index (χ2v) is 7.06. The van der Waals surface area contributed by atoms with Gasteiger partial charge in [-0.25, -0.2) is 15.0 Å². The lowest BCUT2D eigenvalue weighted by Crippen LogP contribution is -2.57. The normalized spacial score (nSPS) is 19.5. The van der Waals surface area contributed by atoms with Crippen LogP contribution in [0.1, 0.15) is 5.69 Å². The molecule has 148 valence electrons. The molecule has 3 heterocycles. The Morgan fingerprint density at radius 3 is 2.83 bits per heavy atom. The van der Waals surface area contributed by atoms with Gasteiger partial charge in [0, 0.05) is 50.0 Å². The molecule has 4 rings (SSSR count). The maximum Gasteiger partial charge on any atom is 0.206 e. The molecule has 1 fully saturated rings. The first kappa shape index (κ1) is 18.9. The third-order valence-electron chi connectivity index (χ3n) is 5.06. The Balaban J connectivity index is 1.52. The standard InChI is InChI=1S/C22H25N7/c1-16-13-20(19-9-10-23-15-25-19)27-22(28(16)3)29-12-11-24-21(14-29)17(2)26-18-7-5-4-6-8-18/h4-10,13,15,21,24,26H,1-2,11-12,14H2,3H3. The van der Waals surface area contributed by atoms with Crippen molar-refractivity contribution in [3.05, 3.63) is 85.2 Å². The highest BCUT2D eigenvalue weighted by Gasteiger charge is 2.28. The molecule has 2 aliphatic heterocycles. The topological polar surface area (TPSA) is 68.7 Å². The maximum absolute atomic E-state index is 4.89. The van der Waals surface area contributed by atoms with Crippen molar-refractivity contribution in [3.8, 4) is 0 Å². The van der Waals surface area contributed by atoms with Crippen LogP contribution in [0, 0.1) is 0 Å². The fraction of sp³-hybridized carbons (Fsp3) is 0.227. The van der Waals surface area contributed by atoms with Gasteiger partial charge in [0.25, 0.3) is 0 Å². The van der Waals surface area contributed by atoms with Gasteiger partial charge in [-0.05, 0) is 24.3 Å². The largest absolute Gasteiger partial charge is 0.358 e.